The zero-order valence-electron chi connectivity index (χ0n) is 12.2. The van der Waals surface area contributed by atoms with E-state index < -0.39 is 6.29 Å². The van der Waals surface area contributed by atoms with Crippen LogP contribution in [0.25, 0.3) is 10.6 Å². The second kappa shape index (κ2) is 7.49. The van der Waals surface area contributed by atoms with E-state index in [1.807, 2.05) is 35.7 Å². The Hall–Kier alpha value is -1.76. The van der Waals surface area contributed by atoms with Gasteiger partial charge in [-0.25, -0.2) is 4.98 Å². The Morgan fingerprint density at radius 3 is 2.82 bits per heavy atom. The molecule has 1 aliphatic heterocycles. The molecule has 2 heterocycles. The molecule has 0 radical (unpaired) electrons. The van der Waals surface area contributed by atoms with Gasteiger partial charge < -0.3 is 14.8 Å². The zero-order valence-corrected chi connectivity index (χ0v) is 13.0. The molecule has 2 aromatic rings. The fourth-order valence-electron chi connectivity index (χ4n) is 2.17. The number of hydrogen-bond donors (Lipinski definition) is 1. The Labute approximate surface area is 133 Å². The smallest absolute Gasteiger partial charge is 0.277 e. The Bertz CT molecular complexity index is 609. The first-order valence-corrected chi connectivity index (χ1v) is 8.21. The van der Waals surface area contributed by atoms with E-state index in [4.69, 9.17) is 9.47 Å². The molecule has 1 aromatic carbocycles. The van der Waals surface area contributed by atoms with E-state index in [0.717, 1.165) is 22.7 Å². The first kappa shape index (κ1) is 15.1. The normalized spacial score (nSPS) is 15.6. The van der Waals surface area contributed by atoms with Gasteiger partial charge in [-0.2, -0.15) is 0 Å². The largest absolute Gasteiger partial charge is 0.351 e. The van der Waals surface area contributed by atoms with E-state index in [1.54, 1.807) is 11.3 Å². The summed E-state index contributed by atoms with van der Waals surface area (Å²) in [6.07, 6.45) is 0.774. The monoisotopic (exact) mass is 318 g/mol. The van der Waals surface area contributed by atoms with E-state index in [1.165, 1.54) is 0 Å². The second-order valence-corrected chi connectivity index (χ2v) is 5.84. The number of carbonyl (C=O) groups excluding carboxylic acids is 1. The third-order valence-electron chi connectivity index (χ3n) is 3.29. The Kier molecular flexibility index (Phi) is 5.15. The molecule has 1 amide bonds. The third-order valence-corrected chi connectivity index (χ3v) is 4.23. The zero-order chi connectivity index (χ0) is 15.2. The molecule has 0 atom stereocenters. The van der Waals surface area contributed by atoms with Crippen LogP contribution in [0.5, 0.6) is 0 Å². The maximum atomic E-state index is 11.8. The number of thiazole rings is 1. The van der Waals surface area contributed by atoms with E-state index in [0.29, 0.717) is 26.2 Å². The molecule has 0 spiro atoms. The van der Waals surface area contributed by atoms with Gasteiger partial charge in [-0.1, -0.05) is 30.3 Å². The summed E-state index contributed by atoms with van der Waals surface area (Å²) in [5.74, 6) is -0.210. The minimum absolute atomic E-state index is 0.210. The highest BCUT2D eigenvalue weighted by molar-refractivity contribution is 7.13. The van der Waals surface area contributed by atoms with Crippen molar-refractivity contribution < 1.29 is 14.3 Å². The Balaban J connectivity index is 1.48. The summed E-state index contributed by atoms with van der Waals surface area (Å²) in [6.45, 7) is 1.68. The quantitative estimate of drug-likeness (QED) is 0.918. The Morgan fingerprint density at radius 1 is 1.27 bits per heavy atom. The van der Waals surface area contributed by atoms with Crippen molar-refractivity contribution in [2.75, 3.05) is 19.8 Å². The minimum Gasteiger partial charge on any atom is -0.351 e. The molecule has 22 heavy (non-hydrogen) atoms. The molecule has 1 fully saturated rings. The molecule has 1 aromatic heterocycles. The van der Waals surface area contributed by atoms with Crippen LogP contribution < -0.4 is 5.32 Å². The summed E-state index contributed by atoms with van der Waals surface area (Å²) in [4.78, 5) is 16.4. The summed E-state index contributed by atoms with van der Waals surface area (Å²) in [6, 6.07) is 10.1. The van der Waals surface area contributed by atoms with E-state index in [9.17, 15) is 4.79 Å². The number of benzene rings is 1. The van der Waals surface area contributed by atoms with Crippen LogP contribution in [0.2, 0.25) is 0 Å². The number of aromatic nitrogens is 1. The summed E-state index contributed by atoms with van der Waals surface area (Å²) >= 11 is 1.62. The van der Waals surface area contributed by atoms with Crippen LogP contribution in [-0.4, -0.2) is 36.9 Å². The molecule has 0 saturated carbocycles. The number of hydrogen-bond acceptors (Lipinski definition) is 5. The van der Waals surface area contributed by atoms with Crippen LogP contribution >= 0.6 is 11.3 Å². The topological polar surface area (TPSA) is 60.5 Å². The maximum absolute atomic E-state index is 11.8. The van der Waals surface area contributed by atoms with Gasteiger partial charge in [0.25, 0.3) is 5.91 Å². The maximum Gasteiger partial charge on any atom is 0.277 e. The average Bonchev–Trinajstić information content (AvgIpc) is 3.05. The Morgan fingerprint density at radius 2 is 2.05 bits per heavy atom. The molecule has 1 saturated heterocycles. The number of nitrogens with zero attached hydrogens (tertiary/aromatic N) is 1. The predicted molar refractivity (Wildman–Crippen MR) is 84.6 cm³/mol. The molecule has 1 N–H and O–H groups in total. The van der Waals surface area contributed by atoms with Gasteiger partial charge in [0.1, 0.15) is 5.01 Å². The molecule has 0 unspecified atom stereocenters. The van der Waals surface area contributed by atoms with Crippen molar-refractivity contribution in [3.05, 3.63) is 41.4 Å². The summed E-state index contributed by atoms with van der Waals surface area (Å²) < 4.78 is 10.5. The lowest BCUT2D eigenvalue weighted by Gasteiger charge is -2.22. The molecular weight excluding hydrogens is 300 g/mol. The van der Waals surface area contributed by atoms with Gasteiger partial charge >= 0.3 is 0 Å². The molecule has 5 nitrogen and oxygen atoms in total. The van der Waals surface area contributed by atoms with Crippen LogP contribution in [-0.2, 0) is 20.7 Å². The highest BCUT2D eigenvalue weighted by atomic mass is 32.1. The molecule has 3 rings (SSSR count). The van der Waals surface area contributed by atoms with Crippen molar-refractivity contribution >= 4 is 17.2 Å². The molecule has 0 bridgehead atoms. The molecule has 0 aliphatic carbocycles. The van der Waals surface area contributed by atoms with Gasteiger partial charge in [0, 0.05) is 23.9 Å². The highest BCUT2D eigenvalue weighted by Gasteiger charge is 2.22. The van der Waals surface area contributed by atoms with Crippen molar-refractivity contribution in [2.45, 2.75) is 19.1 Å². The summed E-state index contributed by atoms with van der Waals surface area (Å²) in [7, 11) is 0. The lowest BCUT2D eigenvalue weighted by Crippen LogP contribution is -2.41. The summed E-state index contributed by atoms with van der Waals surface area (Å²) in [5, 5.41) is 5.86. The fraction of sp³-hybridized carbons (Fsp3) is 0.375. The number of amides is 1. The van der Waals surface area contributed by atoms with Gasteiger partial charge in [0.15, 0.2) is 0 Å². The first-order chi connectivity index (χ1) is 10.8. The van der Waals surface area contributed by atoms with Crippen molar-refractivity contribution in [2.24, 2.45) is 0 Å². The van der Waals surface area contributed by atoms with Gasteiger partial charge in [0.2, 0.25) is 6.29 Å². The van der Waals surface area contributed by atoms with Gasteiger partial charge in [-0.15, -0.1) is 11.3 Å². The van der Waals surface area contributed by atoms with Gasteiger partial charge in [-0.05, 0) is 6.42 Å². The van der Waals surface area contributed by atoms with Gasteiger partial charge in [-0.3, -0.25) is 4.79 Å². The standard InChI is InChI=1S/C16H18N2O3S/c19-14(16-20-9-4-10-21-16)17-8-7-13-11-22-15(18-13)12-5-2-1-3-6-12/h1-3,5-6,11,16H,4,7-10H2,(H,17,19). The SMILES string of the molecule is O=C(NCCc1csc(-c2ccccc2)n1)C1OCCCO1. The number of carbonyl (C=O) groups is 1. The van der Waals surface area contributed by atoms with Crippen LogP contribution in [0.1, 0.15) is 12.1 Å². The molecular formula is C16H18N2O3S. The van der Waals surface area contributed by atoms with Crippen molar-refractivity contribution in [3.63, 3.8) is 0 Å². The summed E-state index contributed by atoms with van der Waals surface area (Å²) in [5.41, 5.74) is 2.10. The van der Waals surface area contributed by atoms with Crippen molar-refractivity contribution in [1.82, 2.24) is 10.3 Å². The van der Waals surface area contributed by atoms with Crippen LogP contribution in [0.4, 0.5) is 0 Å². The van der Waals surface area contributed by atoms with Crippen molar-refractivity contribution in [1.29, 1.82) is 0 Å². The predicted octanol–water partition coefficient (Wildman–Crippen LogP) is 2.23. The van der Waals surface area contributed by atoms with Crippen LogP contribution in [0.15, 0.2) is 35.7 Å². The van der Waals surface area contributed by atoms with E-state index in [-0.39, 0.29) is 5.91 Å². The third kappa shape index (κ3) is 3.91. The molecule has 116 valence electrons. The number of nitrogens with one attached hydrogen (secondary N) is 1. The fourth-order valence-corrected chi connectivity index (χ4v) is 3.03. The second-order valence-electron chi connectivity index (χ2n) is 4.98. The first-order valence-electron chi connectivity index (χ1n) is 7.34. The number of ether oxygens (including phenoxy) is 2. The van der Waals surface area contributed by atoms with Crippen molar-refractivity contribution in [3.8, 4) is 10.6 Å². The lowest BCUT2D eigenvalue weighted by atomic mass is 10.2. The van der Waals surface area contributed by atoms with E-state index >= 15 is 0 Å². The average molecular weight is 318 g/mol. The minimum atomic E-state index is -0.760. The lowest BCUT2D eigenvalue weighted by molar-refractivity contribution is -0.190. The van der Waals surface area contributed by atoms with E-state index in [2.05, 4.69) is 10.3 Å². The molecule has 6 heteroatoms. The number of rotatable bonds is 5. The van der Waals surface area contributed by atoms with Crippen LogP contribution in [0, 0.1) is 0 Å². The molecule has 1 aliphatic rings. The van der Waals surface area contributed by atoms with Gasteiger partial charge in [0.05, 0.1) is 18.9 Å². The highest BCUT2D eigenvalue weighted by Crippen LogP contribution is 2.23. The van der Waals surface area contributed by atoms with Crippen LogP contribution in [0.3, 0.4) is 0 Å².